The minimum atomic E-state index is -0.245. The Bertz CT molecular complexity index is 606. The minimum absolute atomic E-state index is 0.245. The zero-order chi connectivity index (χ0) is 13.7. The van der Waals surface area contributed by atoms with Gasteiger partial charge in [-0.05, 0) is 24.8 Å². The van der Waals surface area contributed by atoms with E-state index in [0.717, 1.165) is 11.1 Å². The molecule has 1 heterocycles. The zero-order valence-corrected chi connectivity index (χ0v) is 11.5. The molecule has 6 heteroatoms. The Morgan fingerprint density at radius 2 is 2.32 bits per heavy atom. The second kappa shape index (κ2) is 6.19. The summed E-state index contributed by atoms with van der Waals surface area (Å²) in [7, 11) is 0. The van der Waals surface area contributed by atoms with Crippen LogP contribution in [-0.4, -0.2) is 27.3 Å². The fourth-order valence-corrected chi connectivity index (χ4v) is 1.82. The molecule has 0 spiro atoms. The molecular formula is C13H14N4OS. The van der Waals surface area contributed by atoms with Crippen LogP contribution in [0.25, 0.3) is 6.08 Å². The minimum Gasteiger partial charge on any atom is -0.291 e. The summed E-state index contributed by atoms with van der Waals surface area (Å²) in [6, 6.07) is 7.91. The van der Waals surface area contributed by atoms with E-state index >= 15 is 0 Å². The van der Waals surface area contributed by atoms with Crippen molar-refractivity contribution in [3.05, 3.63) is 41.5 Å². The molecule has 1 aromatic carbocycles. The van der Waals surface area contributed by atoms with E-state index in [1.54, 1.807) is 6.08 Å². The van der Waals surface area contributed by atoms with Gasteiger partial charge in [-0.2, -0.15) is 4.98 Å². The summed E-state index contributed by atoms with van der Waals surface area (Å²) in [5.74, 6) is 0.105. The number of nitrogens with zero attached hydrogens (tertiary/aromatic N) is 2. The Labute approximate surface area is 115 Å². The smallest absolute Gasteiger partial charge is 0.250 e. The second-order valence-electron chi connectivity index (χ2n) is 3.91. The van der Waals surface area contributed by atoms with E-state index in [0.29, 0.717) is 11.1 Å². The van der Waals surface area contributed by atoms with Crippen molar-refractivity contribution in [2.75, 3.05) is 11.6 Å². The maximum absolute atomic E-state index is 11.7. The van der Waals surface area contributed by atoms with Gasteiger partial charge in [0.2, 0.25) is 11.1 Å². The third kappa shape index (κ3) is 3.96. The molecule has 98 valence electrons. The lowest BCUT2D eigenvalue weighted by Gasteiger charge is -1.97. The fourth-order valence-electron chi connectivity index (χ4n) is 1.50. The summed E-state index contributed by atoms with van der Waals surface area (Å²) in [5.41, 5.74) is 2.14. The van der Waals surface area contributed by atoms with Gasteiger partial charge < -0.3 is 0 Å². The van der Waals surface area contributed by atoms with Crippen LogP contribution in [0.1, 0.15) is 11.1 Å². The van der Waals surface area contributed by atoms with Crippen LogP contribution in [0, 0.1) is 6.92 Å². The van der Waals surface area contributed by atoms with E-state index in [4.69, 9.17) is 0 Å². The molecule has 0 fully saturated rings. The summed E-state index contributed by atoms with van der Waals surface area (Å²) in [5, 5.41) is 9.76. The quantitative estimate of drug-likeness (QED) is 0.664. The van der Waals surface area contributed by atoms with Gasteiger partial charge in [-0.15, -0.1) is 5.10 Å². The number of hydrogen-bond acceptors (Lipinski definition) is 4. The summed E-state index contributed by atoms with van der Waals surface area (Å²) < 4.78 is 0. The highest BCUT2D eigenvalue weighted by Gasteiger charge is 2.03. The van der Waals surface area contributed by atoms with Crippen molar-refractivity contribution in [1.82, 2.24) is 15.2 Å². The summed E-state index contributed by atoms with van der Waals surface area (Å²) in [6.07, 6.45) is 5.09. The summed E-state index contributed by atoms with van der Waals surface area (Å²) in [6.45, 7) is 2.01. The average molecular weight is 274 g/mol. The Hall–Kier alpha value is -2.08. The van der Waals surface area contributed by atoms with Gasteiger partial charge in [0.1, 0.15) is 0 Å². The second-order valence-corrected chi connectivity index (χ2v) is 4.68. The van der Waals surface area contributed by atoms with Crippen molar-refractivity contribution >= 4 is 29.7 Å². The van der Waals surface area contributed by atoms with Gasteiger partial charge in [-0.25, -0.2) is 5.10 Å². The number of carbonyl (C=O) groups excluding carboxylic acids is 1. The maximum Gasteiger partial charge on any atom is 0.250 e. The van der Waals surface area contributed by atoms with Crippen LogP contribution in [-0.2, 0) is 4.79 Å². The molecule has 19 heavy (non-hydrogen) atoms. The Morgan fingerprint density at radius 3 is 3.00 bits per heavy atom. The first-order valence-corrected chi connectivity index (χ1v) is 6.92. The van der Waals surface area contributed by atoms with Crippen molar-refractivity contribution in [1.29, 1.82) is 0 Å². The topological polar surface area (TPSA) is 70.7 Å². The number of hydrogen-bond donors (Lipinski definition) is 2. The van der Waals surface area contributed by atoms with Gasteiger partial charge in [-0.3, -0.25) is 10.1 Å². The SMILES string of the molecule is CSc1n[nH]c(NC(=O)/C=C/c2cccc(C)c2)n1. The molecule has 0 aliphatic rings. The largest absolute Gasteiger partial charge is 0.291 e. The van der Waals surface area contributed by atoms with Gasteiger partial charge >= 0.3 is 0 Å². The number of anilines is 1. The van der Waals surface area contributed by atoms with E-state index in [-0.39, 0.29) is 5.91 Å². The monoisotopic (exact) mass is 274 g/mol. The van der Waals surface area contributed by atoms with E-state index in [1.807, 2.05) is 37.4 Å². The van der Waals surface area contributed by atoms with Crippen LogP contribution >= 0.6 is 11.8 Å². The number of rotatable bonds is 4. The molecule has 0 aliphatic heterocycles. The standard InChI is InChI=1S/C13H14N4OS/c1-9-4-3-5-10(8-9)6-7-11(18)14-12-15-13(19-2)17-16-12/h3-8H,1-2H3,(H2,14,15,16,17,18)/b7-6+. The van der Waals surface area contributed by atoms with Gasteiger partial charge in [-0.1, -0.05) is 41.6 Å². The number of nitrogens with one attached hydrogen (secondary N) is 2. The first-order chi connectivity index (χ1) is 9.17. The third-order valence-electron chi connectivity index (χ3n) is 2.36. The number of thioether (sulfide) groups is 1. The lowest BCUT2D eigenvalue weighted by atomic mass is 10.1. The predicted octanol–water partition coefficient (Wildman–Crippen LogP) is 2.49. The van der Waals surface area contributed by atoms with E-state index in [9.17, 15) is 4.79 Å². The number of aryl methyl sites for hydroxylation is 1. The lowest BCUT2D eigenvalue weighted by molar-refractivity contribution is -0.111. The molecule has 2 rings (SSSR count). The molecule has 2 N–H and O–H groups in total. The van der Waals surface area contributed by atoms with Gasteiger partial charge in [0.25, 0.3) is 5.91 Å². The van der Waals surface area contributed by atoms with Crippen LogP contribution in [0.15, 0.2) is 35.5 Å². The molecule has 1 amide bonds. The Kier molecular flexibility index (Phi) is 4.35. The maximum atomic E-state index is 11.7. The number of aromatic amines is 1. The van der Waals surface area contributed by atoms with Crippen LogP contribution in [0.5, 0.6) is 0 Å². The molecule has 0 atom stereocenters. The van der Waals surface area contributed by atoms with E-state index < -0.39 is 0 Å². The normalized spacial score (nSPS) is 10.8. The highest BCUT2D eigenvalue weighted by atomic mass is 32.2. The van der Waals surface area contributed by atoms with Crippen molar-refractivity contribution in [3.8, 4) is 0 Å². The van der Waals surface area contributed by atoms with Crippen molar-refractivity contribution in [2.24, 2.45) is 0 Å². The molecule has 2 aromatic rings. The summed E-state index contributed by atoms with van der Waals surface area (Å²) >= 11 is 1.41. The van der Waals surface area contributed by atoms with Crippen molar-refractivity contribution < 1.29 is 4.79 Å². The first-order valence-electron chi connectivity index (χ1n) is 5.69. The van der Waals surface area contributed by atoms with Crippen LogP contribution < -0.4 is 5.32 Å². The molecule has 0 aliphatic carbocycles. The van der Waals surface area contributed by atoms with Crippen molar-refractivity contribution in [3.63, 3.8) is 0 Å². The number of benzene rings is 1. The van der Waals surface area contributed by atoms with Crippen molar-refractivity contribution in [2.45, 2.75) is 12.1 Å². The van der Waals surface area contributed by atoms with Crippen LogP contribution in [0.4, 0.5) is 5.95 Å². The highest BCUT2D eigenvalue weighted by molar-refractivity contribution is 7.98. The number of amides is 1. The Balaban J connectivity index is 1.97. The third-order valence-corrected chi connectivity index (χ3v) is 2.91. The molecule has 5 nitrogen and oxygen atoms in total. The number of carbonyl (C=O) groups is 1. The predicted molar refractivity (Wildman–Crippen MR) is 77.0 cm³/mol. The van der Waals surface area contributed by atoms with Gasteiger partial charge in [0, 0.05) is 6.08 Å². The molecule has 0 radical (unpaired) electrons. The fraction of sp³-hybridized carbons (Fsp3) is 0.154. The average Bonchev–Trinajstić information content (AvgIpc) is 2.84. The van der Waals surface area contributed by atoms with Gasteiger partial charge in [0.05, 0.1) is 0 Å². The summed E-state index contributed by atoms with van der Waals surface area (Å²) in [4.78, 5) is 15.7. The highest BCUT2D eigenvalue weighted by Crippen LogP contribution is 2.10. The molecule has 0 saturated heterocycles. The first kappa shape index (κ1) is 13.4. The zero-order valence-electron chi connectivity index (χ0n) is 10.7. The van der Waals surface area contributed by atoms with E-state index in [2.05, 4.69) is 20.5 Å². The molecular weight excluding hydrogens is 260 g/mol. The molecule has 1 aromatic heterocycles. The van der Waals surface area contributed by atoms with Crippen LogP contribution in [0.3, 0.4) is 0 Å². The van der Waals surface area contributed by atoms with E-state index in [1.165, 1.54) is 17.8 Å². The lowest BCUT2D eigenvalue weighted by Crippen LogP contribution is -2.09. The molecule has 0 saturated carbocycles. The van der Waals surface area contributed by atoms with Gasteiger partial charge in [0.15, 0.2) is 0 Å². The molecule has 0 bridgehead atoms. The number of aromatic nitrogens is 3. The molecule has 0 unspecified atom stereocenters. The Morgan fingerprint density at radius 1 is 1.47 bits per heavy atom. The number of H-pyrrole nitrogens is 1. The van der Waals surface area contributed by atoms with Crippen LogP contribution in [0.2, 0.25) is 0 Å².